The summed E-state index contributed by atoms with van der Waals surface area (Å²) in [6.07, 6.45) is -25.6. The summed E-state index contributed by atoms with van der Waals surface area (Å²) >= 11 is 0. The van der Waals surface area contributed by atoms with Crippen molar-refractivity contribution in [1.82, 2.24) is 26.6 Å². The molecule has 7 aliphatic rings. The third-order valence-electron chi connectivity index (χ3n) is 27.6. The van der Waals surface area contributed by atoms with Gasteiger partial charge in [-0.3, -0.25) is 24.0 Å². The molecular formula is C97H173N5O41. The molecule has 7 fully saturated rings. The molecule has 38 atom stereocenters. The molecule has 0 radical (unpaired) electrons. The standard InChI is InChI=1S/C97H173N5O41/c1-7-9-11-13-15-17-19-21-22-23-24-25-26-27-28-29-30-32-34-36-38-40-42-44-68(117)102-58(59(114)43-41-39-37-35-33-31-20-18-16-14-12-10-8-2)53-130-93-80(125)79(124)83(66(51-108)135-93)137-95-82(127)89(143-97(96(128)129)45-60(115)69(98-54(3)110)87(142-97)73(118)61(116)46-103)84(67(52-109)136-95)138-91-72(101-57(6)113)86(76(121)64(49-106)132-91)140-94-81(126)88(77(122)65(50-107)134-94)141-92-71(100-56(5)112)85(75(120)63(48-105)133-92)139-90-70(99-55(4)111)78(123)74(119)62(47-104)131-90/h41,43,58-67,69-95,103-109,114-116,118-127H,7-40,42,44-53H2,1-6H3,(H,98,110)(H,99,111)(H,100,112)(H,101,113)(H,102,117)(H,128,129)/b43-41+/t58-,59+,60?,61+,62?,63?,64?,65?,66?,67?,69+,70?,71?,72?,73+,74-,75-,76-,77-,78+,79+,80?,81?,82?,83+,84-,85+,86+,87?,88-,89+,90+,91-,92-,93+,94-,95-,97-/m0/s1. The molecule has 7 aliphatic heterocycles. The lowest BCUT2D eigenvalue weighted by molar-refractivity contribution is -0.404. The highest BCUT2D eigenvalue weighted by Gasteiger charge is 2.64. The predicted molar refractivity (Wildman–Crippen MR) is 504 cm³/mol. The van der Waals surface area contributed by atoms with Gasteiger partial charge in [0.25, 0.3) is 5.79 Å². The van der Waals surface area contributed by atoms with E-state index in [0.717, 1.165) is 91.9 Å². The van der Waals surface area contributed by atoms with Crippen LogP contribution in [0.25, 0.3) is 0 Å². The SMILES string of the molecule is CCCCCCCCCCCCC/C=C/[C@@H](O)[C@H](CO[C@@H]1OC(CO)[C@@H](O[C@@H]2OC(CO)[C@H](O[C@@H]3OC(CO)[C@H](O)[C@H](O[C@@H]4OC(CO)[C@H](O)[C@H](O[C@@H]5OC(CO)[C@H](O)[C@H](O[C@H]6OC(CO)[C@H](O)[C@H](O)C6NC(C)=O)C5NC(C)=O)C4O)C3NC(C)=O)[C@H](O[C@]3(C(=O)O)CC(O)[C@@H](NC(C)=O)C([C@H](O)[C@H](O)CO)O3)C2O)[C@H](O)C1O)NC(=O)CCCCCCCCCCCCCCCCCCCCCCCCC. The lowest BCUT2D eigenvalue weighted by atomic mass is 9.88. The van der Waals surface area contributed by atoms with E-state index < -0.39 is 327 Å². The highest BCUT2D eigenvalue weighted by Crippen LogP contribution is 2.43. The minimum atomic E-state index is -3.50. The second-order valence-electron chi connectivity index (χ2n) is 39.2. The van der Waals surface area contributed by atoms with E-state index in [1.54, 1.807) is 6.08 Å². The number of rotatable bonds is 68. The molecule has 7 heterocycles. The molecule has 0 spiro atoms. The van der Waals surface area contributed by atoms with E-state index in [1.807, 2.05) is 0 Å². The molecule has 0 aromatic heterocycles. The number of carbonyl (C=O) groups excluding carboxylic acids is 5. The quantitative estimate of drug-likeness (QED) is 0.0232. The monoisotopic (exact) mass is 2060 g/mol. The minimum absolute atomic E-state index is 0.0955. The van der Waals surface area contributed by atoms with E-state index in [4.69, 9.17) is 66.3 Å². The van der Waals surface area contributed by atoms with Gasteiger partial charge in [-0.2, -0.15) is 0 Å². The number of ether oxygens (including phenoxy) is 14. The molecule has 143 heavy (non-hydrogen) atoms. The maximum absolute atomic E-state index is 14.2. The zero-order valence-electron chi connectivity index (χ0n) is 83.9. The molecule has 0 bridgehead atoms. The van der Waals surface area contributed by atoms with Crippen molar-refractivity contribution in [3.8, 4) is 0 Å². The molecule has 46 nitrogen and oxygen atoms in total. The van der Waals surface area contributed by atoms with Crippen LogP contribution in [0.1, 0.15) is 279 Å². The summed E-state index contributed by atoms with van der Waals surface area (Å²) in [5.41, 5.74) is 0. The molecule has 7 saturated heterocycles. The van der Waals surface area contributed by atoms with E-state index in [1.165, 1.54) is 154 Å². The first-order valence-corrected chi connectivity index (χ1v) is 52.1. The molecule has 5 amide bonds. The number of aliphatic carboxylic acids is 1. The molecule has 0 aromatic rings. The van der Waals surface area contributed by atoms with Crippen LogP contribution < -0.4 is 26.6 Å². The highest BCUT2D eigenvalue weighted by atomic mass is 16.8. The van der Waals surface area contributed by atoms with Gasteiger partial charge >= 0.3 is 5.97 Å². The molecule has 46 heteroatoms. The van der Waals surface area contributed by atoms with Crippen LogP contribution in [0.15, 0.2) is 12.2 Å². The Morgan fingerprint density at radius 2 is 0.706 bits per heavy atom. The second-order valence-corrected chi connectivity index (χ2v) is 39.2. The van der Waals surface area contributed by atoms with Gasteiger partial charge in [-0.15, -0.1) is 0 Å². The Hall–Kier alpha value is -4.80. The van der Waals surface area contributed by atoms with Gasteiger partial charge in [0.05, 0.1) is 77.1 Å². The first-order valence-electron chi connectivity index (χ1n) is 52.1. The Bertz CT molecular complexity index is 3580. The van der Waals surface area contributed by atoms with Crippen molar-refractivity contribution in [3.05, 3.63) is 12.2 Å². The molecule has 0 aliphatic carbocycles. The van der Waals surface area contributed by atoms with Crippen molar-refractivity contribution in [2.75, 3.05) is 52.9 Å². The van der Waals surface area contributed by atoms with Gasteiger partial charge in [0, 0.05) is 40.5 Å². The number of unbranched alkanes of at least 4 members (excludes halogenated alkanes) is 33. The van der Waals surface area contributed by atoms with E-state index >= 15 is 0 Å². The summed E-state index contributed by atoms with van der Waals surface area (Å²) in [4.78, 5) is 79.9. The topological polar surface area (TPSA) is 717 Å². The van der Waals surface area contributed by atoms with Gasteiger partial charge in [0.1, 0.15) is 165 Å². The number of carbonyl (C=O) groups is 6. The number of carboxylic acids is 1. The summed E-state index contributed by atoms with van der Waals surface area (Å²) < 4.78 is 85.6. The Morgan fingerprint density at radius 3 is 1.13 bits per heavy atom. The zero-order chi connectivity index (χ0) is 105. The van der Waals surface area contributed by atoms with Gasteiger partial charge in [-0.05, 0) is 19.3 Å². The van der Waals surface area contributed by atoms with Crippen LogP contribution in [-0.2, 0) is 95.1 Å². The second kappa shape index (κ2) is 66.1. The maximum atomic E-state index is 14.2. The normalized spacial score (nSPS) is 35.3. The first-order chi connectivity index (χ1) is 68.5. The van der Waals surface area contributed by atoms with E-state index in [9.17, 15) is 136 Å². The van der Waals surface area contributed by atoms with Gasteiger partial charge < -0.3 is 200 Å². The van der Waals surface area contributed by atoms with Crippen molar-refractivity contribution in [2.24, 2.45) is 0 Å². The van der Waals surface area contributed by atoms with E-state index in [2.05, 4.69) is 40.4 Å². The molecular weight excluding hydrogens is 1890 g/mol. The van der Waals surface area contributed by atoms with E-state index in [0.29, 0.717) is 12.8 Å². The Morgan fingerprint density at radius 1 is 0.364 bits per heavy atom. The van der Waals surface area contributed by atoms with Crippen LogP contribution in [0.4, 0.5) is 0 Å². The van der Waals surface area contributed by atoms with Crippen molar-refractivity contribution in [2.45, 2.75) is 512 Å². The Labute approximate surface area is 837 Å². The number of aliphatic hydroxyl groups is 20. The number of aliphatic hydroxyl groups excluding tert-OH is 20. The van der Waals surface area contributed by atoms with Crippen LogP contribution >= 0.6 is 0 Å². The summed E-state index contributed by atoms with van der Waals surface area (Å²) in [5.74, 6) is -9.83. The maximum Gasteiger partial charge on any atom is 0.364 e. The Kier molecular flexibility index (Phi) is 57.8. The average Bonchev–Trinajstić information content (AvgIpc) is 0.744. The minimum Gasteiger partial charge on any atom is -0.477 e. The summed E-state index contributed by atoms with van der Waals surface area (Å²) in [6.45, 7) is -0.469. The lowest BCUT2D eigenvalue weighted by Crippen LogP contribution is -2.72. The number of amides is 5. The smallest absolute Gasteiger partial charge is 0.364 e. The zero-order valence-corrected chi connectivity index (χ0v) is 83.9. The van der Waals surface area contributed by atoms with Crippen molar-refractivity contribution < 1.29 is 202 Å². The van der Waals surface area contributed by atoms with Crippen LogP contribution in [-0.4, -0.2) is 428 Å². The molecule has 0 saturated carbocycles. The molecule has 14 unspecified atom stereocenters. The summed E-state index contributed by atoms with van der Waals surface area (Å²) in [7, 11) is 0. The van der Waals surface area contributed by atoms with Crippen molar-refractivity contribution in [3.63, 3.8) is 0 Å². The third-order valence-corrected chi connectivity index (χ3v) is 27.6. The predicted octanol–water partition coefficient (Wildman–Crippen LogP) is -1.99. The fraction of sp³-hybridized carbons (Fsp3) is 0.918. The Balaban J connectivity index is 1.12. The average molecular weight is 2070 g/mol. The number of nitrogens with one attached hydrogen (secondary N) is 5. The van der Waals surface area contributed by atoms with Crippen LogP contribution in [0, 0.1) is 0 Å². The summed E-state index contributed by atoms with van der Waals surface area (Å²) in [5, 5.41) is 253. The highest BCUT2D eigenvalue weighted by molar-refractivity contribution is 5.77. The molecule has 7 rings (SSSR count). The molecule has 832 valence electrons. The fourth-order valence-electron chi connectivity index (χ4n) is 19.5. The largest absolute Gasteiger partial charge is 0.477 e. The van der Waals surface area contributed by atoms with Crippen molar-refractivity contribution >= 4 is 35.5 Å². The van der Waals surface area contributed by atoms with Crippen LogP contribution in [0.5, 0.6) is 0 Å². The summed E-state index contributed by atoms with van der Waals surface area (Å²) in [6, 6.07) is -8.72. The van der Waals surface area contributed by atoms with Crippen LogP contribution in [0.2, 0.25) is 0 Å². The van der Waals surface area contributed by atoms with Crippen molar-refractivity contribution in [1.29, 1.82) is 0 Å². The van der Waals surface area contributed by atoms with E-state index in [-0.39, 0.29) is 6.42 Å². The third kappa shape index (κ3) is 38.5. The number of carboxylic acid groups (broad SMARTS) is 1. The van der Waals surface area contributed by atoms with Gasteiger partial charge in [0.15, 0.2) is 37.7 Å². The first kappa shape index (κ1) is 125. The number of allylic oxidation sites excluding steroid dienone is 1. The van der Waals surface area contributed by atoms with Gasteiger partial charge in [0.2, 0.25) is 29.5 Å². The van der Waals surface area contributed by atoms with Gasteiger partial charge in [-0.1, -0.05) is 231 Å². The number of hydrogen-bond donors (Lipinski definition) is 26. The number of hydrogen-bond acceptors (Lipinski definition) is 40. The molecule has 26 N–H and O–H groups in total. The van der Waals surface area contributed by atoms with Gasteiger partial charge in [-0.25, -0.2) is 4.79 Å². The lowest BCUT2D eigenvalue weighted by Gasteiger charge is -2.53. The van der Waals surface area contributed by atoms with Crippen LogP contribution in [0.3, 0.4) is 0 Å². The molecule has 0 aromatic carbocycles. The fourth-order valence-corrected chi connectivity index (χ4v) is 19.5.